The summed E-state index contributed by atoms with van der Waals surface area (Å²) >= 11 is 1.56. The predicted molar refractivity (Wildman–Crippen MR) is 98.0 cm³/mol. The highest BCUT2D eigenvalue weighted by atomic mass is 32.2. The summed E-state index contributed by atoms with van der Waals surface area (Å²) in [6.07, 6.45) is 5.84. The van der Waals surface area contributed by atoms with E-state index < -0.39 is 17.0 Å². The highest BCUT2D eigenvalue weighted by molar-refractivity contribution is 8.00. The van der Waals surface area contributed by atoms with Gasteiger partial charge in [0.15, 0.2) is 0 Å². The predicted octanol–water partition coefficient (Wildman–Crippen LogP) is 2.31. The van der Waals surface area contributed by atoms with Gasteiger partial charge in [0.25, 0.3) is 0 Å². The van der Waals surface area contributed by atoms with Crippen LogP contribution in [0.2, 0.25) is 0 Å². The second kappa shape index (κ2) is 8.43. The Morgan fingerprint density at radius 2 is 1.88 bits per heavy atom. The van der Waals surface area contributed by atoms with E-state index in [4.69, 9.17) is 4.74 Å². The monoisotopic (exact) mass is 370 g/mol. The standard InChI is InChI=1S/C18H30N2O4S/c1-12(2)15(17(23)24-13-8-6-5-7-9-13)19-16(22)14-10-25-18(3,4)20(14)11-21/h11-15H,5-10H2,1-4H3,(H,19,22)/t14-,15+/m0/s1. The first kappa shape index (κ1) is 20.1. The number of nitrogens with zero attached hydrogens (tertiary/aromatic N) is 1. The van der Waals surface area contributed by atoms with Crippen LogP contribution in [0.1, 0.15) is 59.8 Å². The van der Waals surface area contributed by atoms with Crippen molar-refractivity contribution in [2.24, 2.45) is 5.92 Å². The molecule has 25 heavy (non-hydrogen) atoms. The van der Waals surface area contributed by atoms with E-state index in [0.717, 1.165) is 32.1 Å². The molecule has 0 unspecified atom stereocenters. The maximum absolute atomic E-state index is 12.7. The maximum atomic E-state index is 12.7. The SMILES string of the molecule is CC(C)[C@@H](NC(=O)[C@@H]1CSC(C)(C)N1C=O)C(=O)OC1CCCCC1. The quantitative estimate of drug-likeness (QED) is 0.574. The number of carbonyl (C=O) groups is 3. The van der Waals surface area contributed by atoms with Crippen molar-refractivity contribution in [2.75, 3.05) is 5.75 Å². The molecule has 0 spiro atoms. The highest BCUT2D eigenvalue weighted by Crippen LogP contribution is 2.37. The summed E-state index contributed by atoms with van der Waals surface area (Å²) in [4.78, 5) is 37.7. The van der Waals surface area contributed by atoms with Crippen LogP contribution < -0.4 is 5.32 Å². The van der Waals surface area contributed by atoms with Crippen molar-refractivity contribution in [3.05, 3.63) is 0 Å². The Balaban J connectivity index is 1.99. The van der Waals surface area contributed by atoms with Crippen molar-refractivity contribution in [3.8, 4) is 0 Å². The number of hydrogen-bond donors (Lipinski definition) is 1. The third-order valence-electron chi connectivity index (χ3n) is 5.02. The Morgan fingerprint density at radius 1 is 1.24 bits per heavy atom. The number of ether oxygens (including phenoxy) is 1. The molecule has 0 aromatic rings. The van der Waals surface area contributed by atoms with Gasteiger partial charge in [0.1, 0.15) is 18.2 Å². The summed E-state index contributed by atoms with van der Waals surface area (Å²) in [5, 5.41) is 2.82. The molecule has 2 amide bonds. The number of thioether (sulfide) groups is 1. The lowest BCUT2D eigenvalue weighted by molar-refractivity contribution is -0.156. The topological polar surface area (TPSA) is 75.7 Å². The van der Waals surface area contributed by atoms with Crippen LogP contribution in [0.3, 0.4) is 0 Å². The number of nitrogens with one attached hydrogen (secondary N) is 1. The molecule has 2 rings (SSSR count). The molecular weight excluding hydrogens is 340 g/mol. The van der Waals surface area contributed by atoms with Crippen LogP contribution >= 0.6 is 11.8 Å². The minimum atomic E-state index is -0.684. The first-order chi connectivity index (χ1) is 11.8. The molecule has 0 radical (unpaired) electrons. The van der Waals surface area contributed by atoms with Gasteiger partial charge in [-0.2, -0.15) is 0 Å². The summed E-state index contributed by atoms with van der Waals surface area (Å²) < 4.78 is 5.63. The van der Waals surface area contributed by atoms with Crippen molar-refractivity contribution in [1.29, 1.82) is 0 Å². The summed E-state index contributed by atoms with van der Waals surface area (Å²) in [5.41, 5.74) is 0. The van der Waals surface area contributed by atoms with E-state index in [1.807, 2.05) is 27.7 Å². The van der Waals surface area contributed by atoms with E-state index in [0.29, 0.717) is 5.75 Å². The zero-order valence-corrected chi connectivity index (χ0v) is 16.4. The van der Waals surface area contributed by atoms with Crippen LogP contribution in [0, 0.1) is 5.92 Å². The van der Waals surface area contributed by atoms with Gasteiger partial charge in [-0.15, -0.1) is 11.8 Å². The summed E-state index contributed by atoms with van der Waals surface area (Å²) in [6, 6.07) is -1.24. The fraction of sp³-hybridized carbons (Fsp3) is 0.833. The number of rotatable bonds is 6. The number of esters is 1. The Hall–Kier alpha value is -1.24. The number of hydrogen-bond acceptors (Lipinski definition) is 5. The smallest absolute Gasteiger partial charge is 0.329 e. The molecular formula is C18H30N2O4S. The molecule has 6 nitrogen and oxygen atoms in total. The number of carbonyl (C=O) groups excluding carboxylic acids is 3. The minimum absolute atomic E-state index is 0.0353. The van der Waals surface area contributed by atoms with E-state index in [-0.39, 0.29) is 23.9 Å². The summed E-state index contributed by atoms with van der Waals surface area (Å²) in [5.74, 6) is -0.200. The lowest BCUT2D eigenvalue weighted by Crippen LogP contribution is -2.54. The summed E-state index contributed by atoms with van der Waals surface area (Å²) in [7, 11) is 0. The Bertz CT molecular complexity index is 503. The Morgan fingerprint density at radius 3 is 2.44 bits per heavy atom. The largest absolute Gasteiger partial charge is 0.461 e. The van der Waals surface area contributed by atoms with Crippen LogP contribution in [0.5, 0.6) is 0 Å². The first-order valence-corrected chi connectivity index (χ1v) is 10.1. The van der Waals surface area contributed by atoms with Crippen molar-refractivity contribution in [2.45, 2.75) is 82.9 Å². The molecule has 142 valence electrons. The third kappa shape index (κ3) is 4.90. The number of amides is 2. The molecule has 0 bridgehead atoms. The van der Waals surface area contributed by atoms with Crippen molar-refractivity contribution >= 4 is 30.0 Å². The Labute approximate surface area is 154 Å². The van der Waals surface area contributed by atoms with Gasteiger partial charge >= 0.3 is 5.97 Å². The van der Waals surface area contributed by atoms with E-state index in [1.54, 1.807) is 11.8 Å². The van der Waals surface area contributed by atoms with Gasteiger partial charge in [-0.05, 0) is 45.4 Å². The van der Waals surface area contributed by atoms with Gasteiger partial charge in [-0.25, -0.2) is 4.79 Å². The van der Waals surface area contributed by atoms with Crippen LogP contribution in [-0.4, -0.2) is 52.0 Å². The van der Waals surface area contributed by atoms with E-state index in [1.165, 1.54) is 11.3 Å². The second-order valence-electron chi connectivity index (χ2n) is 7.71. The lowest BCUT2D eigenvalue weighted by Gasteiger charge is -2.32. The van der Waals surface area contributed by atoms with Gasteiger partial charge in [0.05, 0.1) is 4.87 Å². The van der Waals surface area contributed by atoms with E-state index >= 15 is 0 Å². The van der Waals surface area contributed by atoms with Gasteiger partial charge in [0, 0.05) is 5.75 Å². The van der Waals surface area contributed by atoms with Gasteiger partial charge in [-0.1, -0.05) is 20.3 Å². The lowest BCUT2D eigenvalue weighted by atomic mass is 9.97. The van der Waals surface area contributed by atoms with Gasteiger partial charge < -0.3 is 15.0 Å². The molecule has 7 heteroatoms. The minimum Gasteiger partial charge on any atom is -0.461 e. The molecule has 1 heterocycles. The van der Waals surface area contributed by atoms with Crippen LogP contribution in [0.15, 0.2) is 0 Å². The molecule has 0 aromatic heterocycles. The van der Waals surface area contributed by atoms with Crippen molar-refractivity contribution < 1.29 is 19.1 Å². The van der Waals surface area contributed by atoms with Crippen LogP contribution in [0.25, 0.3) is 0 Å². The average Bonchev–Trinajstić information content (AvgIpc) is 2.87. The van der Waals surface area contributed by atoms with E-state index in [9.17, 15) is 14.4 Å². The summed E-state index contributed by atoms with van der Waals surface area (Å²) in [6.45, 7) is 7.60. The zero-order chi connectivity index (χ0) is 18.6. The molecule has 2 fully saturated rings. The van der Waals surface area contributed by atoms with Gasteiger partial charge in [-0.3, -0.25) is 9.59 Å². The third-order valence-corrected chi connectivity index (χ3v) is 6.42. The molecule has 1 aliphatic heterocycles. The molecule has 1 saturated carbocycles. The molecule has 2 atom stereocenters. The van der Waals surface area contributed by atoms with E-state index in [2.05, 4.69) is 5.32 Å². The fourth-order valence-corrected chi connectivity index (χ4v) is 4.58. The van der Waals surface area contributed by atoms with Gasteiger partial charge in [0.2, 0.25) is 12.3 Å². The average molecular weight is 371 g/mol. The molecule has 1 saturated heterocycles. The van der Waals surface area contributed by atoms with Crippen LogP contribution in [0.4, 0.5) is 0 Å². The Kier molecular flexibility index (Phi) is 6.77. The van der Waals surface area contributed by atoms with Crippen LogP contribution in [-0.2, 0) is 19.1 Å². The van der Waals surface area contributed by atoms with Crippen molar-refractivity contribution in [3.63, 3.8) is 0 Å². The maximum Gasteiger partial charge on any atom is 0.329 e. The fourth-order valence-electron chi connectivity index (χ4n) is 3.38. The molecule has 1 N–H and O–H groups in total. The second-order valence-corrected chi connectivity index (χ2v) is 9.33. The van der Waals surface area contributed by atoms with Crippen molar-refractivity contribution in [1.82, 2.24) is 10.2 Å². The molecule has 2 aliphatic rings. The highest BCUT2D eigenvalue weighted by Gasteiger charge is 2.44. The first-order valence-electron chi connectivity index (χ1n) is 9.15. The normalized spacial score (nSPS) is 24.8. The zero-order valence-electron chi connectivity index (χ0n) is 15.6. The molecule has 0 aromatic carbocycles. The molecule has 1 aliphatic carbocycles.